The molecule has 2 aliphatic rings. The Bertz CT molecular complexity index is 884. The Kier molecular flexibility index (Phi) is 5.88. The molecular formula is C23H26F3N3O. The maximum Gasteiger partial charge on any atom is 0.416 e. The zero-order valence-corrected chi connectivity index (χ0v) is 16.8. The van der Waals surface area contributed by atoms with Crippen molar-refractivity contribution in [1.82, 2.24) is 5.32 Å². The fraction of sp³-hybridized carbons (Fsp3) is 0.435. The second-order valence-electron chi connectivity index (χ2n) is 7.97. The molecule has 4 rings (SSSR count). The molecule has 2 aliphatic heterocycles. The van der Waals surface area contributed by atoms with Gasteiger partial charge in [-0.05, 0) is 61.6 Å². The Morgan fingerprint density at radius 2 is 1.47 bits per heavy atom. The van der Waals surface area contributed by atoms with Gasteiger partial charge in [-0.1, -0.05) is 12.1 Å². The van der Waals surface area contributed by atoms with Crippen molar-refractivity contribution in [3.05, 3.63) is 59.2 Å². The van der Waals surface area contributed by atoms with Crippen molar-refractivity contribution >= 4 is 17.3 Å². The normalized spacial score (nSPS) is 16.9. The molecule has 0 aromatic heterocycles. The van der Waals surface area contributed by atoms with E-state index >= 15 is 0 Å². The largest absolute Gasteiger partial charge is 0.416 e. The van der Waals surface area contributed by atoms with Gasteiger partial charge in [0.1, 0.15) is 0 Å². The predicted octanol–water partition coefficient (Wildman–Crippen LogP) is 4.84. The number of nitrogens with one attached hydrogen (secondary N) is 1. The van der Waals surface area contributed by atoms with Crippen LogP contribution in [0.25, 0.3) is 0 Å². The average Bonchev–Trinajstić information content (AvgIpc) is 3.45. The predicted molar refractivity (Wildman–Crippen MR) is 112 cm³/mol. The summed E-state index contributed by atoms with van der Waals surface area (Å²) in [6, 6.07) is 11.5. The van der Waals surface area contributed by atoms with E-state index in [2.05, 4.69) is 22.3 Å². The standard InChI is InChI=1S/C23H26F3N3O/c24-23(25,26)18-7-10-20(21(15-18)29-13-3-4-14-29)22(30)27-16-17-5-8-19(9-6-17)28-11-1-2-12-28/h5-10,15H,1-4,11-14,16H2,(H,27,30). The van der Waals surface area contributed by atoms with Gasteiger partial charge >= 0.3 is 6.18 Å². The van der Waals surface area contributed by atoms with Gasteiger partial charge in [-0.25, -0.2) is 0 Å². The third kappa shape index (κ3) is 4.55. The number of rotatable bonds is 5. The van der Waals surface area contributed by atoms with Gasteiger partial charge in [0.05, 0.1) is 16.8 Å². The summed E-state index contributed by atoms with van der Waals surface area (Å²) in [4.78, 5) is 17.0. The van der Waals surface area contributed by atoms with E-state index in [4.69, 9.17) is 0 Å². The summed E-state index contributed by atoms with van der Waals surface area (Å²) in [5, 5.41) is 2.87. The minimum Gasteiger partial charge on any atom is -0.372 e. The number of halogens is 3. The van der Waals surface area contributed by atoms with Gasteiger partial charge in [-0.15, -0.1) is 0 Å². The fourth-order valence-electron chi connectivity index (χ4n) is 4.20. The molecule has 0 bridgehead atoms. The van der Waals surface area contributed by atoms with Crippen LogP contribution in [0.3, 0.4) is 0 Å². The molecule has 160 valence electrons. The smallest absolute Gasteiger partial charge is 0.372 e. The number of nitrogens with zero attached hydrogens (tertiary/aromatic N) is 2. The Morgan fingerprint density at radius 3 is 2.07 bits per heavy atom. The number of carbonyl (C=O) groups is 1. The molecule has 0 radical (unpaired) electrons. The molecule has 30 heavy (non-hydrogen) atoms. The minimum atomic E-state index is -4.43. The topological polar surface area (TPSA) is 35.6 Å². The van der Waals surface area contributed by atoms with Gasteiger partial charge in [0.2, 0.25) is 0 Å². The van der Waals surface area contributed by atoms with Crippen molar-refractivity contribution in [3.63, 3.8) is 0 Å². The molecule has 0 atom stereocenters. The second-order valence-corrected chi connectivity index (χ2v) is 7.97. The van der Waals surface area contributed by atoms with Crippen molar-refractivity contribution in [2.24, 2.45) is 0 Å². The minimum absolute atomic E-state index is 0.290. The van der Waals surface area contributed by atoms with Crippen LogP contribution in [-0.4, -0.2) is 32.1 Å². The number of amides is 1. The lowest BCUT2D eigenvalue weighted by Crippen LogP contribution is -2.27. The molecule has 2 fully saturated rings. The molecule has 2 heterocycles. The molecule has 2 aromatic carbocycles. The zero-order valence-electron chi connectivity index (χ0n) is 16.8. The lowest BCUT2D eigenvalue weighted by molar-refractivity contribution is -0.137. The van der Waals surface area contributed by atoms with E-state index in [0.29, 0.717) is 30.9 Å². The maximum atomic E-state index is 13.2. The number of hydrogen-bond acceptors (Lipinski definition) is 3. The molecule has 0 saturated carbocycles. The molecule has 0 aliphatic carbocycles. The third-order valence-electron chi connectivity index (χ3n) is 5.88. The lowest BCUT2D eigenvalue weighted by atomic mass is 10.1. The second kappa shape index (κ2) is 8.58. The first-order chi connectivity index (χ1) is 14.4. The first-order valence-electron chi connectivity index (χ1n) is 10.5. The monoisotopic (exact) mass is 417 g/mol. The molecule has 0 unspecified atom stereocenters. The highest BCUT2D eigenvalue weighted by Crippen LogP contribution is 2.34. The van der Waals surface area contributed by atoms with E-state index in [1.807, 2.05) is 17.0 Å². The van der Waals surface area contributed by atoms with E-state index < -0.39 is 11.7 Å². The van der Waals surface area contributed by atoms with Crippen LogP contribution in [0.1, 0.15) is 47.2 Å². The fourth-order valence-corrected chi connectivity index (χ4v) is 4.20. The summed E-state index contributed by atoms with van der Waals surface area (Å²) in [6.07, 6.45) is -0.170. The quantitative estimate of drug-likeness (QED) is 0.757. The Morgan fingerprint density at radius 1 is 0.867 bits per heavy atom. The average molecular weight is 417 g/mol. The van der Waals surface area contributed by atoms with Crippen molar-refractivity contribution in [2.45, 2.75) is 38.4 Å². The van der Waals surface area contributed by atoms with E-state index in [0.717, 1.165) is 43.6 Å². The molecule has 1 N–H and O–H groups in total. The van der Waals surface area contributed by atoms with E-state index in [1.165, 1.54) is 24.6 Å². The van der Waals surface area contributed by atoms with Crippen LogP contribution in [0, 0.1) is 0 Å². The third-order valence-corrected chi connectivity index (χ3v) is 5.88. The van der Waals surface area contributed by atoms with Gasteiger partial charge in [0.25, 0.3) is 5.91 Å². The first kappa shape index (κ1) is 20.6. The summed E-state index contributed by atoms with van der Waals surface area (Å²) < 4.78 is 39.5. The van der Waals surface area contributed by atoms with Crippen molar-refractivity contribution in [1.29, 1.82) is 0 Å². The molecular weight excluding hydrogens is 391 g/mol. The number of alkyl halides is 3. The highest BCUT2D eigenvalue weighted by atomic mass is 19.4. The van der Waals surface area contributed by atoms with E-state index in [9.17, 15) is 18.0 Å². The summed E-state index contributed by atoms with van der Waals surface area (Å²) in [5.74, 6) is -0.353. The number of anilines is 2. The molecule has 2 saturated heterocycles. The SMILES string of the molecule is O=C(NCc1ccc(N2CCCC2)cc1)c1ccc(C(F)(F)F)cc1N1CCCC1. The number of benzene rings is 2. The van der Waals surface area contributed by atoms with Crippen LogP contribution < -0.4 is 15.1 Å². The summed E-state index contributed by atoms with van der Waals surface area (Å²) in [5.41, 5.74) is 2.07. The Labute approximate surface area is 174 Å². The van der Waals surface area contributed by atoms with Crippen LogP contribution >= 0.6 is 0 Å². The lowest BCUT2D eigenvalue weighted by Gasteiger charge is -2.22. The van der Waals surface area contributed by atoms with Gasteiger partial charge < -0.3 is 15.1 Å². The van der Waals surface area contributed by atoms with Crippen molar-refractivity contribution in [3.8, 4) is 0 Å². The Balaban J connectivity index is 1.47. The van der Waals surface area contributed by atoms with Gasteiger partial charge in [-0.2, -0.15) is 13.2 Å². The van der Waals surface area contributed by atoms with Crippen molar-refractivity contribution in [2.75, 3.05) is 36.0 Å². The molecule has 7 heteroatoms. The summed E-state index contributed by atoms with van der Waals surface area (Å²) >= 11 is 0. The Hall–Kier alpha value is -2.70. The highest BCUT2D eigenvalue weighted by Gasteiger charge is 2.32. The molecule has 4 nitrogen and oxygen atoms in total. The van der Waals surface area contributed by atoms with Crippen LogP contribution in [0.5, 0.6) is 0 Å². The van der Waals surface area contributed by atoms with E-state index in [-0.39, 0.29) is 5.91 Å². The van der Waals surface area contributed by atoms with Crippen LogP contribution in [0.2, 0.25) is 0 Å². The molecule has 0 spiro atoms. The maximum absolute atomic E-state index is 13.2. The summed E-state index contributed by atoms with van der Waals surface area (Å²) in [6.45, 7) is 3.81. The zero-order chi connectivity index (χ0) is 21.1. The van der Waals surface area contributed by atoms with Gasteiger partial charge in [0, 0.05) is 38.4 Å². The van der Waals surface area contributed by atoms with Gasteiger partial charge in [-0.3, -0.25) is 4.79 Å². The van der Waals surface area contributed by atoms with Crippen LogP contribution in [0.15, 0.2) is 42.5 Å². The highest BCUT2D eigenvalue weighted by molar-refractivity contribution is 6.00. The van der Waals surface area contributed by atoms with Crippen LogP contribution in [0.4, 0.5) is 24.5 Å². The molecule has 2 aromatic rings. The first-order valence-corrected chi connectivity index (χ1v) is 10.5. The number of carbonyl (C=O) groups excluding carboxylic acids is 1. The van der Waals surface area contributed by atoms with Crippen LogP contribution in [-0.2, 0) is 12.7 Å². The van der Waals surface area contributed by atoms with Gasteiger partial charge in [0.15, 0.2) is 0 Å². The molecule has 1 amide bonds. The summed E-state index contributed by atoms with van der Waals surface area (Å²) in [7, 11) is 0. The van der Waals surface area contributed by atoms with Crippen molar-refractivity contribution < 1.29 is 18.0 Å². The number of hydrogen-bond donors (Lipinski definition) is 1. The van der Waals surface area contributed by atoms with E-state index in [1.54, 1.807) is 0 Å².